The molecule has 3 atom stereocenters. The van der Waals surface area contributed by atoms with Crippen molar-refractivity contribution in [2.75, 3.05) is 6.61 Å². The van der Waals surface area contributed by atoms with E-state index in [4.69, 9.17) is 26.8 Å². The Bertz CT molecular complexity index is 393. The minimum absolute atomic E-state index is 0.0168. The van der Waals surface area contributed by atoms with Crippen LogP contribution < -0.4 is 10.5 Å². The van der Waals surface area contributed by atoms with E-state index in [0.717, 1.165) is 31.6 Å². The summed E-state index contributed by atoms with van der Waals surface area (Å²) in [4.78, 5) is 0. The van der Waals surface area contributed by atoms with E-state index in [-0.39, 0.29) is 12.1 Å². The summed E-state index contributed by atoms with van der Waals surface area (Å²) >= 11 is 5.93. The summed E-state index contributed by atoms with van der Waals surface area (Å²) in [5.74, 6) is 0.771. The van der Waals surface area contributed by atoms with Crippen LogP contribution in [0.2, 0.25) is 5.02 Å². The summed E-state index contributed by atoms with van der Waals surface area (Å²) in [5.41, 5.74) is 6.17. The number of benzene rings is 1. The molecule has 0 bridgehead atoms. The van der Waals surface area contributed by atoms with Crippen LogP contribution >= 0.6 is 11.6 Å². The Morgan fingerprint density at radius 1 is 1.53 bits per heavy atom. The van der Waals surface area contributed by atoms with Crippen molar-refractivity contribution >= 4 is 11.6 Å². The quantitative estimate of drug-likeness (QED) is 0.870. The highest BCUT2D eigenvalue weighted by Gasteiger charge is 2.20. The second-order valence-electron chi connectivity index (χ2n) is 5.16. The largest absolute Gasteiger partial charge is 0.489 e. The molecule has 3 unspecified atom stereocenters. The third-order valence-electron chi connectivity index (χ3n) is 3.57. The number of hydrogen-bond donors (Lipinski definition) is 1. The molecule has 0 amide bonds. The number of rotatable bonds is 6. The monoisotopic (exact) mass is 283 g/mol. The summed E-state index contributed by atoms with van der Waals surface area (Å²) in [5, 5.41) is 0.678. The molecule has 0 radical (unpaired) electrons. The second kappa shape index (κ2) is 7.13. The highest BCUT2D eigenvalue weighted by molar-refractivity contribution is 6.30. The Morgan fingerprint density at radius 2 is 2.37 bits per heavy atom. The topological polar surface area (TPSA) is 44.5 Å². The average Bonchev–Trinajstić information content (AvgIpc) is 2.89. The molecule has 0 aromatic heterocycles. The Morgan fingerprint density at radius 3 is 3.05 bits per heavy atom. The van der Waals surface area contributed by atoms with Crippen LogP contribution in [-0.2, 0) is 4.74 Å². The SMILES string of the molecule is CC(Oc1cccc(Cl)c1)C(N)CCC1CCCO1. The van der Waals surface area contributed by atoms with Crippen LogP contribution in [0.1, 0.15) is 32.6 Å². The molecule has 0 spiro atoms. The molecule has 1 aromatic rings. The van der Waals surface area contributed by atoms with Gasteiger partial charge in [0.1, 0.15) is 11.9 Å². The first kappa shape index (κ1) is 14.6. The summed E-state index contributed by atoms with van der Waals surface area (Å²) < 4.78 is 11.4. The van der Waals surface area contributed by atoms with Crippen LogP contribution in [0.4, 0.5) is 0 Å². The van der Waals surface area contributed by atoms with Gasteiger partial charge in [-0.1, -0.05) is 17.7 Å². The predicted octanol–water partition coefficient (Wildman–Crippen LogP) is 3.39. The summed E-state index contributed by atoms with van der Waals surface area (Å²) in [6, 6.07) is 7.43. The van der Waals surface area contributed by atoms with Gasteiger partial charge in [0.15, 0.2) is 0 Å². The van der Waals surface area contributed by atoms with Crippen molar-refractivity contribution in [2.45, 2.75) is 50.9 Å². The normalized spacial score (nSPS) is 22.2. The number of ether oxygens (including phenoxy) is 2. The summed E-state index contributed by atoms with van der Waals surface area (Å²) in [6.07, 6.45) is 4.64. The lowest BCUT2D eigenvalue weighted by Crippen LogP contribution is -2.37. The van der Waals surface area contributed by atoms with Crippen molar-refractivity contribution < 1.29 is 9.47 Å². The van der Waals surface area contributed by atoms with Gasteiger partial charge < -0.3 is 15.2 Å². The van der Waals surface area contributed by atoms with E-state index in [2.05, 4.69) is 0 Å². The maximum absolute atomic E-state index is 6.17. The molecule has 2 N–H and O–H groups in total. The van der Waals surface area contributed by atoms with Gasteiger partial charge in [-0.05, 0) is 50.8 Å². The fraction of sp³-hybridized carbons (Fsp3) is 0.600. The van der Waals surface area contributed by atoms with Gasteiger partial charge in [-0.25, -0.2) is 0 Å². The molecule has 1 heterocycles. The van der Waals surface area contributed by atoms with Crippen molar-refractivity contribution in [3.63, 3.8) is 0 Å². The Hall–Kier alpha value is -0.770. The zero-order chi connectivity index (χ0) is 13.7. The van der Waals surface area contributed by atoms with E-state index < -0.39 is 0 Å². The van der Waals surface area contributed by atoms with Gasteiger partial charge >= 0.3 is 0 Å². The molecule has 1 aliphatic rings. The average molecular weight is 284 g/mol. The lowest BCUT2D eigenvalue weighted by molar-refractivity contribution is 0.0943. The van der Waals surface area contributed by atoms with Gasteiger partial charge in [0.25, 0.3) is 0 Å². The van der Waals surface area contributed by atoms with Crippen LogP contribution in [0.5, 0.6) is 5.75 Å². The summed E-state index contributed by atoms with van der Waals surface area (Å²) in [7, 11) is 0. The fourth-order valence-corrected chi connectivity index (χ4v) is 2.51. The second-order valence-corrected chi connectivity index (χ2v) is 5.59. The predicted molar refractivity (Wildman–Crippen MR) is 77.7 cm³/mol. The van der Waals surface area contributed by atoms with E-state index in [1.807, 2.05) is 31.2 Å². The van der Waals surface area contributed by atoms with Gasteiger partial charge in [0.05, 0.1) is 6.10 Å². The van der Waals surface area contributed by atoms with Crippen molar-refractivity contribution in [3.05, 3.63) is 29.3 Å². The van der Waals surface area contributed by atoms with Crippen molar-refractivity contribution in [3.8, 4) is 5.75 Å². The van der Waals surface area contributed by atoms with Crippen LogP contribution in [0.3, 0.4) is 0 Å². The zero-order valence-corrected chi connectivity index (χ0v) is 12.1. The zero-order valence-electron chi connectivity index (χ0n) is 11.3. The fourth-order valence-electron chi connectivity index (χ4n) is 2.33. The molecule has 4 heteroatoms. The number of nitrogens with two attached hydrogens (primary N) is 1. The molecule has 1 aromatic carbocycles. The van der Waals surface area contributed by atoms with Gasteiger partial charge in [-0.2, -0.15) is 0 Å². The first-order chi connectivity index (χ1) is 9.15. The van der Waals surface area contributed by atoms with Crippen molar-refractivity contribution in [2.24, 2.45) is 5.73 Å². The first-order valence-corrected chi connectivity index (χ1v) is 7.32. The molecule has 1 aliphatic heterocycles. The smallest absolute Gasteiger partial charge is 0.121 e. The first-order valence-electron chi connectivity index (χ1n) is 6.94. The molecule has 1 fully saturated rings. The molecular formula is C15H22ClNO2. The Balaban J connectivity index is 1.76. The Kier molecular flexibility index (Phi) is 5.49. The van der Waals surface area contributed by atoms with E-state index in [1.54, 1.807) is 0 Å². The van der Waals surface area contributed by atoms with Crippen LogP contribution in [0, 0.1) is 0 Å². The van der Waals surface area contributed by atoms with Gasteiger partial charge in [-0.15, -0.1) is 0 Å². The molecule has 19 heavy (non-hydrogen) atoms. The molecular weight excluding hydrogens is 262 g/mol. The number of hydrogen-bond acceptors (Lipinski definition) is 3. The van der Waals surface area contributed by atoms with Crippen LogP contribution in [0.25, 0.3) is 0 Å². The summed E-state index contributed by atoms with van der Waals surface area (Å²) in [6.45, 7) is 2.90. The van der Waals surface area contributed by atoms with Crippen LogP contribution in [0.15, 0.2) is 24.3 Å². The van der Waals surface area contributed by atoms with Gasteiger partial charge in [-0.3, -0.25) is 0 Å². The Labute approximate surface area is 120 Å². The highest BCUT2D eigenvalue weighted by atomic mass is 35.5. The molecule has 106 valence electrons. The van der Waals surface area contributed by atoms with E-state index >= 15 is 0 Å². The maximum Gasteiger partial charge on any atom is 0.121 e. The van der Waals surface area contributed by atoms with Gasteiger partial charge in [0, 0.05) is 17.7 Å². The van der Waals surface area contributed by atoms with Crippen molar-refractivity contribution in [1.82, 2.24) is 0 Å². The standard InChI is InChI=1S/C15H22ClNO2/c1-11(19-14-5-2-4-12(16)10-14)15(17)8-7-13-6-3-9-18-13/h2,4-5,10-11,13,15H,3,6-9,17H2,1H3. The minimum atomic E-state index is -0.0279. The third kappa shape index (κ3) is 4.68. The lowest BCUT2D eigenvalue weighted by atomic mass is 10.0. The lowest BCUT2D eigenvalue weighted by Gasteiger charge is -2.22. The van der Waals surface area contributed by atoms with E-state index in [0.29, 0.717) is 11.1 Å². The number of halogens is 1. The minimum Gasteiger partial charge on any atom is -0.489 e. The van der Waals surface area contributed by atoms with E-state index in [9.17, 15) is 0 Å². The van der Waals surface area contributed by atoms with Crippen LogP contribution in [-0.4, -0.2) is 24.9 Å². The molecule has 0 saturated carbocycles. The van der Waals surface area contributed by atoms with Gasteiger partial charge in [0.2, 0.25) is 0 Å². The molecule has 3 nitrogen and oxygen atoms in total. The highest BCUT2D eigenvalue weighted by Crippen LogP contribution is 2.21. The molecule has 0 aliphatic carbocycles. The third-order valence-corrected chi connectivity index (χ3v) is 3.80. The molecule has 2 rings (SSSR count). The maximum atomic E-state index is 6.17. The van der Waals surface area contributed by atoms with Crippen molar-refractivity contribution in [1.29, 1.82) is 0 Å². The van der Waals surface area contributed by atoms with E-state index in [1.165, 1.54) is 6.42 Å². The molecule has 1 saturated heterocycles.